The Morgan fingerprint density at radius 3 is 2.79 bits per heavy atom. The van der Waals surface area contributed by atoms with Gasteiger partial charge in [-0.1, -0.05) is 0 Å². The van der Waals surface area contributed by atoms with Crippen molar-refractivity contribution in [1.82, 2.24) is 0 Å². The van der Waals surface area contributed by atoms with Crippen LogP contribution in [-0.2, 0) is 4.79 Å². The van der Waals surface area contributed by atoms with Crippen LogP contribution in [0.3, 0.4) is 0 Å². The van der Waals surface area contributed by atoms with Crippen LogP contribution in [0.4, 0.5) is 5.00 Å². The second-order valence-corrected chi connectivity index (χ2v) is 4.11. The first-order valence-corrected chi connectivity index (χ1v) is 5.09. The number of amides is 1. The van der Waals surface area contributed by atoms with Crippen molar-refractivity contribution in [2.75, 3.05) is 11.2 Å². The van der Waals surface area contributed by atoms with Crippen LogP contribution in [0.5, 0.6) is 0 Å². The van der Waals surface area contributed by atoms with E-state index in [0.29, 0.717) is 5.00 Å². The van der Waals surface area contributed by atoms with E-state index in [1.54, 1.807) is 6.92 Å². The van der Waals surface area contributed by atoms with Gasteiger partial charge in [-0.2, -0.15) is 0 Å². The van der Waals surface area contributed by atoms with Gasteiger partial charge in [-0.25, -0.2) is 4.79 Å². The summed E-state index contributed by atoms with van der Waals surface area (Å²) in [5, 5.41) is 11.6. The maximum Gasteiger partial charge on any atom is 0.338 e. The smallest absolute Gasteiger partial charge is 0.338 e. The van der Waals surface area contributed by atoms with Gasteiger partial charge in [-0.05, 0) is 13.0 Å². The molecule has 0 aliphatic rings. The van der Waals surface area contributed by atoms with Crippen molar-refractivity contribution in [2.24, 2.45) is 0 Å². The van der Waals surface area contributed by atoms with E-state index < -0.39 is 11.9 Å². The maximum absolute atomic E-state index is 10.9. The fraction of sp³-hybridized carbons (Fsp3) is 0.250. The topological polar surface area (TPSA) is 66.4 Å². The van der Waals surface area contributed by atoms with E-state index in [1.807, 2.05) is 0 Å². The number of aromatic carboxylic acids is 1. The second kappa shape index (κ2) is 4.43. The number of hydrogen-bond donors (Lipinski definition) is 2. The average molecular weight is 234 g/mol. The number of rotatable bonds is 3. The molecule has 0 bridgehead atoms. The Hall–Kier alpha value is -1.07. The molecule has 0 spiro atoms. The van der Waals surface area contributed by atoms with Gasteiger partial charge in [0, 0.05) is 4.88 Å². The number of carbonyl (C=O) groups is 2. The maximum atomic E-state index is 10.9. The van der Waals surface area contributed by atoms with Gasteiger partial charge in [0.2, 0.25) is 5.91 Å². The third-order valence-electron chi connectivity index (χ3n) is 1.46. The zero-order valence-corrected chi connectivity index (χ0v) is 8.91. The number of hydrogen-bond acceptors (Lipinski definition) is 3. The van der Waals surface area contributed by atoms with Crippen LogP contribution >= 0.6 is 22.9 Å². The van der Waals surface area contributed by atoms with Crippen LogP contribution in [0.15, 0.2) is 6.07 Å². The Kier molecular flexibility index (Phi) is 3.49. The first kappa shape index (κ1) is 11.0. The van der Waals surface area contributed by atoms with Gasteiger partial charge < -0.3 is 10.4 Å². The Balaban J connectivity index is 2.95. The average Bonchev–Trinajstić information content (AvgIpc) is 2.46. The third kappa shape index (κ3) is 2.46. The number of aryl methyl sites for hydroxylation is 1. The summed E-state index contributed by atoms with van der Waals surface area (Å²) in [7, 11) is 0. The largest absolute Gasteiger partial charge is 0.478 e. The number of carboxylic acid groups (broad SMARTS) is 1. The van der Waals surface area contributed by atoms with E-state index in [2.05, 4.69) is 5.32 Å². The lowest BCUT2D eigenvalue weighted by Gasteiger charge is -1.99. The SMILES string of the molecule is Cc1cc(C(=O)O)c(NC(=O)CCl)s1. The Labute approximate surface area is 89.5 Å². The van der Waals surface area contributed by atoms with Gasteiger partial charge in [-0.3, -0.25) is 4.79 Å². The summed E-state index contributed by atoms with van der Waals surface area (Å²) in [5.41, 5.74) is 0.103. The molecule has 1 aromatic heterocycles. The number of alkyl halides is 1. The van der Waals surface area contributed by atoms with Crippen LogP contribution in [-0.4, -0.2) is 22.9 Å². The van der Waals surface area contributed by atoms with Gasteiger partial charge in [0.15, 0.2) is 0 Å². The minimum absolute atomic E-state index is 0.103. The molecule has 14 heavy (non-hydrogen) atoms. The standard InChI is InChI=1S/C8H8ClNO3S/c1-4-2-5(8(12)13)7(14-4)10-6(11)3-9/h2H,3H2,1H3,(H,10,11)(H,12,13). The number of thiophene rings is 1. The molecule has 0 atom stereocenters. The zero-order valence-electron chi connectivity index (χ0n) is 7.33. The summed E-state index contributed by atoms with van der Waals surface area (Å²) in [6.45, 7) is 1.77. The highest BCUT2D eigenvalue weighted by Gasteiger charge is 2.15. The molecule has 6 heteroatoms. The molecule has 0 saturated carbocycles. The van der Waals surface area contributed by atoms with Crippen molar-refractivity contribution in [3.63, 3.8) is 0 Å². The van der Waals surface area contributed by atoms with Crippen molar-refractivity contribution in [1.29, 1.82) is 0 Å². The summed E-state index contributed by atoms with van der Waals surface area (Å²) in [6.07, 6.45) is 0. The molecule has 0 saturated heterocycles. The molecule has 0 aliphatic heterocycles. The summed E-state index contributed by atoms with van der Waals surface area (Å²) in [4.78, 5) is 22.5. The minimum Gasteiger partial charge on any atom is -0.478 e. The Bertz CT molecular complexity index is 375. The highest BCUT2D eigenvalue weighted by atomic mass is 35.5. The van der Waals surface area contributed by atoms with E-state index >= 15 is 0 Å². The molecule has 0 aliphatic carbocycles. The van der Waals surface area contributed by atoms with Gasteiger partial charge in [-0.15, -0.1) is 22.9 Å². The lowest BCUT2D eigenvalue weighted by atomic mass is 10.3. The highest BCUT2D eigenvalue weighted by Crippen LogP contribution is 2.27. The van der Waals surface area contributed by atoms with Crippen molar-refractivity contribution in [2.45, 2.75) is 6.92 Å². The zero-order chi connectivity index (χ0) is 10.7. The summed E-state index contributed by atoms with van der Waals surface area (Å²) < 4.78 is 0. The van der Waals surface area contributed by atoms with Crippen LogP contribution in [0.1, 0.15) is 15.2 Å². The molecular formula is C8H8ClNO3S. The summed E-state index contributed by atoms with van der Waals surface area (Å²) >= 11 is 6.50. The van der Waals surface area contributed by atoms with Crippen LogP contribution in [0.2, 0.25) is 0 Å². The molecule has 1 heterocycles. The molecule has 0 unspecified atom stereocenters. The molecule has 76 valence electrons. The minimum atomic E-state index is -1.06. The third-order valence-corrected chi connectivity index (χ3v) is 2.67. The number of carbonyl (C=O) groups excluding carboxylic acids is 1. The van der Waals surface area contributed by atoms with E-state index in [-0.39, 0.29) is 11.4 Å². The van der Waals surface area contributed by atoms with Crippen LogP contribution < -0.4 is 5.32 Å². The summed E-state index contributed by atoms with van der Waals surface area (Å²) in [6, 6.07) is 1.51. The van der Waals surface area contributed by atoms with E-state index in [9.17, 15) is 9.59 Å². The fourth-order valence-corrected chi connectivity index (χ4v) is 1.91. The molecular weight excluding hydrogens is 226 g/mol. The first-order valence-electron chi connectivity index (χ1n) is 3.74. The molecule has 2 N–H and O–H groups in total. The Morgan fingerprint density at radius 2 is 2.29 bits per heavy atom. The first-order chi connectivity index (χ1) is 6.54. The van der Waals surface area contributed by atoms with Crippen molar-refractivity contribution < 1.29 is 14.7 Å². The fourth-order valence-electron chi connectivity index (χ4n) is 0.926. The highest BCUT2D eigenvalue weighted by molar-refractivity contribution is 7.16. The predicted molar refractivity (Wildman–Crippen MR) is 55.4 cm³/mol. The number of anilines is 1. The summed E-state index contributed by atoms with van der Waals surface area (Å²) in [5.74, 6) is -1.65. The predicted octanol–water partition coefficient (Wildman–Crippen LogP) is 1.93. The Morgan fingerprint density at radius 1 is 1.64 bits per heavy atom. The monoisotopic (exact) mass is 233 g/mol. The molecule has 1 amide bonds. The van der Waals surface area contributed by atoms with Crippen molar-refractivity contribution in [3.05, 3.63) is 16.5 Å². The van der Waals surface area contributed by atoms with Crippen molar-refractivity contribution in [3.8, 4) is 0 Å². The number of nitrogens with one attached hydrogen (secondary N) is 1. The lowest BCUT2D eigenvalue weighted by molar-refractivity contribution is -0.113. The van der Waals surface area contributed by atoms with Gasteiger partial charge in [0.05, 0.1) is 5.56 Å². The van der Waals surface area contributed by atoms with Crippen LogP contribution in [0.25, 0.3) is 0 Å². The molecule has 0 radical (unpaired) electrons. The number of halogens is 1. The van der Waals surface area contributed by atoms with Crippen molar-refractivity contribution >= 4 is 39.8 Å². The normalized spacial score (nSPS) is 9.86. The van der Waals surface area contributed by atoms with Crippen LogP contribution in [0, 0.1) is 6.92 Å². The van der Waals surface area contributed by atoms with Gasteiger partial charge in [0.1, 0.15) is 10.9 Å². The molecule has 1 rings (SSSR count). The van der Waals surface area contributed by atoms with Gasteiger partial charge in [0.25, 0.3) is 0 Å². The molecule has 4 nitrogen and oxygen atoms in total. The molecule has 0 fully saturated rings. The quantitative estimate of drug-likeness (QED) is 0.784. The number of carboxylic acids is 1. The van der Waals surface area contributed by atoms with E-state index in [0.717, 1.165) is 4.88 Å². The van der Waals surface area contributed by atoms with E-state index in [1.165, 1.54) is 17.4 Å². The molecule has 1 aromatic rings. The lowest BCUT2D eigenvalue weighted by Crippen LogP contribution is -2.13. The molecule has 0 aromatic carbocycles. The van der Waals surface area contributed by atoms with Gasteiger partial charge >= 0.3 is 5.97 Å². The van der Waals surface area contributed by atoms with E-state index in [4.69, 9.17) is 16.7 Å². The second-order valence-electron chi connectivity index (χ2n) is 2.59.